The van der Waals surface area contributed by atoms with Gasteiger partial charge < -0.3 is 19.4 Å². The van der Waals surface area contributed by atoms with Crippen LogP contribution in [0.1, 0.15) is 18.4 Å². The van der Waals surface area contributed by atoms with Gasteiger partial charge in [0.1, 0.15) is 6.29 Å². The molecule has 1 N–H and O–H groups in total. The van der Waals surface area contributed by atoms with Crippen LogP contribution in [-0.2, 0) is 11.2 Å². The molecule has 0 saturated heterocycles. The molecule has 0 radical (unpaired) electrons. The molecule has 0 saturated carbocycles. The van der Waals surface area contributed by atoms with Crippen molar-refractivity contribution in [1.29, 1.82) is 0 Å². The molecule has 0 aliphatic rings. The van der Waals surface area contributed by atoms with Crippen LogP contribution < -0.4 is 9.47 Å². The molecule has 0 spiro atoms. The largest absolute Gasteiger partial charge is 0.502 e. The van der Waals surface area contributed by atoms with E-state index in [9.17, 15) is 9.90 Å². The van der Waals surface area contributed by atoms with Crippen LogP contribution in [-0.4, -0.2) is 25.6 Å². The lowest BCUT2D eigenvalue weighted by atomic mass is 10.1. The molecule has 0 bridgehead atoms. The lowest BCUT2D eigenvalue weighted by Crippen LogP contribution is -1.93. The van der Waals surface area contributed by atoms with Gasteiger partial charge in [0, 0.05) is 6.42 Å². The molecule has 1 rings (SSSR count). The predicted octanol–water partition coefficient (Wildman–Crippen LogP) is 1.93. The molecule has 0 aromatic heterocycles. The molecule has 0 heterocycles. The Morgan fingerprint density at radius 3 is 2.25 bits per heavy atom. The number of carbonyl (C=O) groups excluding carboxylic acids is 1. The third-order valence-electron chi connectivity index (χ3n) is 2.33. The van der Waals surface area contributed by atoms with Gasteiger partial charge in [-0.3, -0.25) is 0 Å². The van der Waals surface area contributed by atoms with E-state index in [4.69, 9.17) is 9.47 Å². The van der Waals surface area contributed by atoms with Crippen LogP contribution in [0.5, 0.6) is 17.2 Å². The maximum Gasteiger partial charge on any atom is 0.200 e. The van der Waals surface area contributed by atoms with Crippen LogP contribution in [0, 0.1) is 0 Å². The van der Waals surface area contributed by atoms with Crippen molar-refractivity contribution in [1.82, 2.24) is 0 Å². The number of phenols is 1. The molecule has 16 heavy (non-hydrogen) atoms. The third kappa shape index (κ3) is 2.89. The fourth-order valence-electron chi connectivity index (χ4n) is 1.48. The number of aldehydes is 1. The molecule has 0 atom stereocenters. The molecule has 0 unspecified atom stereocenters. The number of carbonyl (C=O) groups is 1. The topological polar surface area (TPSA) is 55.8 Å². The van der Waals surface area contributed by atoms with Crippen LogP contribution in [0.15, 0.2) is 12.1 Å². The SMILES string of the molecule is COc1cc(CCCC=O)cc(OC)c1O. The van der Waals surface area contributed by atoms with Crippen molar-refractivity contribution < 1.29 is 19.4 Å². The highest BCUT2D eigenvalue weighted by molar-refractivity contribution is 5.53. The number of aryl methyl sites for hydroxylation is 1. The predicted molar refractivity (Wildman–Crippen MR) is 60.2 cm³/mol. The third-order valence-corrected chi connectivity index (χ3v) is 2.33. The van der Waals surface area contributed by atoms with Gasteiger partial charge in [-0.1, -0.05) is 0 Å². The second kappa shape index (κ2) is 6.00. The van der Waals surface area contributed by atoms with E-state index in [0.717, 1.165) is 24.7 Å². The van der Waals surface area contributed by atoms with Crippen LogP contribution in [0.2, 0.25) is 0 Å². The monoisotopic (exact) mass is 224 g/mol. The average molecular weight is 224 g/mol. The van der Waals surface area contributed by atoms with E-state index in [2.05, 4.69) is 0 Å². The molecule has 4 heteroatoms. The number of rotatable bonds is 6. The van der Waals surface area contributed by atoms with Gasteiger partial charge in [0.15, 0.2) is 11.5 Å². The van der Waals surface area contributed by atoms with Crippen molar-refractivity contribution in [3.05, 3.63) is 17.7 Å². The summed E-state index contributed by atoms with van der Waals surface area (Å²) in [5.41, 5.74) is 0.980. The zero-order valence-electron chi connectivity index (χ0n) is 9.53. The first-order chi connectivity index (χ1) is 7.72. The van der Waals surface area contributed by atoms with E-state index in [1.165, 1.54) is 14.2 Å². The summed E-state index contributed by atoms with van der Waals surface area (Å²) in [7, 11) is 2.98. The van der Waals surface area contributed by atoms with E-state index < -0.39 is 0 Å². The van der Waals surface area contributed by atoms with Crippen molar-refractivity contribution in [3.63, 3.8) is 0 Å². The van der Waals surface area contributed by atoms with Crippen LogP contribution in [0.3, 0.4) is 0 Å². The van der Waals surface area contributed by atoms with Crippen molar-refractivity contribution in [2.45, 2.75) is 19.3 Å². The van der Waals surface area contributed by atoms with E-state index in [0.29, 0.717) is 17.9 Å². The minimum atomic E-state index is 0.00383. The Morgan fingerprint density at radius 1 is 1.25 bits per heavy atom. The molecule has 0 aliphatic heterocycles. The summed E-state index contributed by atoms with van der Waals surface area (Å²) < 4.78 is 10.1. The molecule has 0 aliphatic carbocycles. The highest BCUT2D eigenvalue weighted by Crippen LogP contribution is 2.37. The smallest absolute Gasteiger partial charge is 0.200 e. The molecule has 88 valence electrons. The Bertz CT molecular complexity index is 335. The number of hydrogen-bond donors (Lipinski definition) is 1. The number of aromatic hydroxyl groups is 1. The first kappa shape index (κ1) is 12.4. The van der Waals surface area contributed by atoms with Crippen LogP contribution in [0.25, 0.3) is 0 Å². The van der Waals surface area contributed by atoms with Gasteiger partial charge in [-0.15, -0.1) is 0 Å². The first-order valence-corrected chi connectivity index (χ1v) is 5.10. The van der Waals surface area contributed by atoms with Gasteiger partial charge in [-0.05, 0) is 30.5 Å². The number of ether oxygens (including phenoxy) is 2. The average Bonchev–Trinajstić information content (AvgIpc) is 2.31. The molecule has 4 nitrogen and oxygen atoms in total. The number of unbranched alkanes of at least 4 members (excludes halogenated alkanes) is 1. The van der Waals surface area contributed by atoms with Gasteiger partial charge in [0.2, 0.25) is 5.75 Å². The highest BCUT2D eigenvalue weighted by Gasteiger charge is 2.10. The van der Waals surface area contributed by atoms with Crippen molar-refractivity contribution in [2.75, 3.05) is 14.2 Å². The number of hydrogen-bond acceptors (Lipinski definition) is 4. The summed E-state index contributed by atoms with van der Waals surface area (Å²) in [5, 5.41) is 9.68. The zero-order valence-corrected chi connectivity index (χ0v) is 9.53. The summed E-state index contributed by atoms with van der Waals surface area (Å²) in [5.74, 6) is 0.782. The van der Waals surface area contributed by atoms with E-state index >= 15 is 0 Å². The van der Waals surface area contributed by atoms with Crippen LogP contribution in [0.4, 0.5) is 0 Å². The van der Waals surface area contributed by atoms with E-state index in [1.54, 1.807) is 12.1 Å². The summed E-state index contributed by atoms with van der Waals surface area (Å²) in [6.07, 6.45) is 2.96. The molecular formula is C12H16O4. The second-order valence-electron chi connectivity index (χ2n) is 3.41. The molecule has 1 aromatic rings. The molecular weight excluding hydrogens is 208 g/mol. The summed E-state index contributed by atoms with van der Waals surface area (Å²) in [4.78, 5) is 10.2. The molecule has 0 amide bonds. The van der Waals surface area contributed by atoms with E-state index in [-0.39, 0.29) is 5.75 Å². The normalized spacial score (nSPS) is 9.88. The standard InChI is InChI=1S/C12H16O4/c1-15-10-7-9(5-3-4-6-13)8-11(16-2)12(10)14/h6-8,14H,3-5H2,1-2H3. The molecule has 1 aromatic carbocycles. The quantitative estimate of drug-likeness (QED) is 0.592. The lowest BCUT2D eigenvalue weighted by molar-refractivity contribution is -0.107. The molecule has 0 fully saturated rings. The van der Waals surface area contributed by atoms with Gasteiger partial charge in [-0.25, -0.2) is 0 Å². The van der Waals surface area contributed by atoms with Crippen LogP contribution >= 0.6 is 0 Å². The zero-order chi connectivity index (χ0) is 12.0. The number of benzene rings is 1. The summed E-state index contributed by atoms with van der Waals surface area (Å²) in [6, 6.07) is 3.51. The van der Waals surface area contributed by atoms with Crippen molar-refractivity contribution in [2.24, 2.45) is 0 Å². The van der Waals surface area contributed by atoms with Gasteiger partial charge in [0.05, 0.1) is 14.2 Å². The summed E-state index contributed by atoms with van der Waals surface area (Å²) in [6.45, 7) is 0. The van der Waals surface area contributed by atoms with Gasteiger partial charge in [0.25, 0.3) is 0 Å². The highest BCUT2D eigenvalue weighted by atomic mass is 16.5. The Kier molecular flexibility index (Phi) is 4.64. The minimum absolute atomic E-state index is 0.00383. The Labute approximate surface area is 94.8 Å². The Morgan fingerprint density at radius 2 is 1.81 bits per heavy atom. The van der Waals surface area contributed by atoms with Gasteiger partial charge in [-0.2, -0.15) is 0 Å². The van der Waals surface area contributed by atoms with Crippen molar-refractivity contribution >= 4 is 6.29 Å². The Balaban J connectivity index is 2.88. The number of methoxy groups -OCH3 is 2. The lowest BCUT2D eigenvalue weighted by Gasteiger charge is -2.10. The fourth-order valence-corrected chi connectivity index (χ4v) is 1.48. The maximum atomic E-state index is 10.2. The minimum Gasteiger partial charge on any atom is -0.502 e. The number of phenolic OH excluding ortho intramolecular Hbond substituents is 1. The summed E-state index contributed by atoms with van der Waals surface area (Å²) >= 11 is 0. The second-order valence-corrected chi connectivity index (χ2v) is 3.41. The fraction of sp³-hybridized carbons (Fsp3) is 0.417. The maximum absolute atomic E-state index is 10.2. The van der Waals surface area contributed by atoms with E-state index in [1.807, 2.05) is 0 Å². The first-order valence-electron chi connectivity index (χ1n) is 5.10. The Hall–Kier alpha value is -1.71. The van der Waals surface area contributed by atoms with Crippen molar-refractivity contribution in [3.8, 4) is 17.2 Å². The van der Waals surface area contributed by atoms with Gasteiger partial charge >= 0.3 is 0 Å².